The van der Waals surface area contributed by atoms with E-state index in [-0.39, 0.29) is 12.0 Å². The van der Waals surface area contributed by atoms with Gasteiger partial charge in [-0.05, 0) is 66.9 Å². The molecule has 0 amide bonds. The van der Waals surface area contributed by atoms with Crippen molar-refractivity contribution in [3.05, 3.63) is 22.2 Å². The lowest BCUT2D eigenvalue weighted by Crippen LogP contribution is -2.45. The van der Waals surface area contributed by atoms with E-state index < -0.39 is 5.97 Å². The van der Waals surface area contributed by atoms with E-state index in [1.54, 1.807) is 7.11 Å². The molecule has 1 N–H and O–H groups in total. The molecule has 5 nitrogen and oxygen atoms in total. The molecule has 1 heterocycles. The average Bonchev–Trinajstić information content (AvgIpc) is 2.51. The minimum absolute atomic E-state index is 0.0255. The molecule has 128 valence electrons. The Labute approximate surface area is 145 Å². The van der Waals surface area contributed by atoms with Crippen LogP contribution in [0.1, 0.15) is 32.3 Å². The van der Waals surface area contributed by atoms with Gasteiger partial charge in [-0.1, -0.05) is 0 Å². The maximum absolute atomic E-state index is 11.4. The molecule has 0 bridgehead atoms. The Morgan fingerprint density at radius 3 is 2.83 bits per heavy atom. The van der Waals surface area contributed by atoms with Crippen molar-refractivity contribution in [1.29, 1.82) is 0 Å². The summed E-state index contributed by atoms with van der Waals surface area (Å²) in [6.45, 7) is 6.11. The van der Waals surface area contributed by atoms with Crippen LogP contribution in [0.25, 0.3) is 0 Å². The number of methoxy groups -OCH3 is 1. The number of likely N-dealkylation sites (tertiary alicyclic amines) is 1. The number of ether oxygens (including phenoxy) is 2. The van der Waals surface area contributed by atoms with Crippen LogP contribution in [-0.4, -0.2) is 42.3 Å². The average molecular weight is 386 g/mol. The SMILES string of the molecule is CCOc1c(Br)cc(CN2CCC[C@H](C(=O)O)[C@@H]2C)cc1OC. The van der Waals surface area contributed by atoms with Crippen LogP contribution in [0.5, 0.6) is 11.5 Å². The van der Waals surface area contributed by atoms with E-state index in [1.807, 2.05) is 26.0 Å². The van der Waals surface area contributed by atoms with Crippen molar-refractivity contribution >= 4 is 21.9 Å². The van der Waals surface area contributed by atoms with Gasteiger partial charge in [0.25, 0.3) is 0 Å². The van der Waals surface area contributed by atoms with Gasteiger partial charge in [0.2, 0.25) is 0 Å². The molecule has 0 aliphatic carbocycles. The smallest absolute Gasteiger partial charge is 0.308 e. The number of carboxylic acids is 1. The Morgan fingerprint density at radius 2 is 2.22 bits per heavy atom. The number of hydrogen-bond acceptors (Lipinski definition) is 4. The summed E-state index contributed by atoms with van der Waals surface area (Å²) < 4.78 is 11.9. The number of piperidine rings is 1. The third-order valence-corrected chi connectivity index (χ3v) is 4.99. The van der Waals surface area contributed by atoms with E-state index in [0.29, 0.717) is 24.7 Å². The molecule has 0 unspecified atom stereocenters. The molecule has 0 radical (unpaired) electrons. The highest BCUT2D eigenvalue weighted by molar-refractivity contribution is 9.10. The van der Waals surface area contributed by atoms with Gasteiger partial charge in [-0.15, -0.1) is 0 Å². The first-order chi connectivity index (χ1) is 11.0. The van der Waals surface area contributed by atoms with Gasteiger partial charge in [-0.25, -0.2) is 0 Å². The summed E-state index contributed by atoms with van der Waals surface area (Å²) in [5, 5.41) is 9.34. The first-order valence-corrected chi connectivity index (χ1v) is 8.73. The van der Waals surface area contributed by atoms with Crippen LogP contribution in [0.15, 0.2) is 16.6 Å². The van der Waals surface area contributed by atoms with E-state index >= 15 is 0 Å². The topological polar surface area (TPSA) is 59.0 Å². The Morgan fingerprint density at radius 1 is 1.48 bits per heavy atom. The molecule has 1 fully saturated rings. The zero-order chi connectivity index (χ0) is 17.0. The van der Waals surface area contributed by atoms with Crippen molar-refractivity contribution in [1.82, 2.24) is 4.90 Å². The molecule has 2 atom stereocenters. The predicted molar refractivity (Wildman–Crippen MR) is 92.1 cm³/mol. The van der Waals surface area contributed by atoms with E-state index in [1.165, 1.54) is 0 Å². The monoisotopic (exact) mass is 385 g/mol. The summed E-state index contributed by atoms with van der Waals surface area (Å²) in [5.74, 6) is 0.397. The molecular formula is C17H24BrNO4. The Hall–Kier alpha value is -1.27. The van der Waals surface area contributed by atoms with Crippen LogP contribution < -0.4 is 9.47 Å². The number of carbonyl (C=O) groups is 1. The summed E-state index contributed by atoms with van der Waals surface area (Å²) in [6.07, 6.45) is 1.67. The van der Waals surface area contributed by atoms with E-state index in [0.717, 1.165) is 29.4 Å². The summed E-state index contributed by atoms with van der Waals surface area (Å²) in [4.78, 5) is 13.6. The first-order valence-electron chi connectivity index (χ1n) is 7.94. The van der Waals surface area contributed by atoms with Crippen LogP contribution >= 0.6 is 15.9 Å². The molecule has 1 aromatic carbocycles. The lowest BCUT2D eigenvalue weighted by molar-refractivity contribution is -0.145. The van der Waals surface area contributed by atoms with E-state index in [9.17, 15) is 9.90 Å². The normalized spacial score (nSPS) is 21.9. The van der Waals surface area contributed by atoms with Gasteiger partial charge in [0.1, 0.15) is 0 Å². The number of halogens is 1. The summed E-state index contributed by atoms with van der Waals surface area (Å²) >= 11 is 3.54. The number of nitrogens with zero attached hydrogens (tertiary/aromatic N) is 1. The summed E-state index contributed by atoms with van der Waals surface area (Å²) in [7, 11) is 1.62. The van der Waals surface area contributed by atoms with Crippen LogP contribution in [0, 0.1) is 5.92 Å². The highest BCUT2D eigenvalue weighted by Gasteiger charge is 2.32. The highest BCUT2D eigenvalue weighted by Crippen LogP contribution is 2.37. The lowest BCUT2D eigenvalue weighted by Gasteiger charge is -2.37. The molecule has 0 saturated carbocycles. The Bertz CT molecular complexity index is 564. The first kappa shape index (κ1) is 18.1. The zero-order valence-electron chi connectivity index (χ0n) is 13.8. The van der Waals surface area contributed by atoms with Gasteiger partial charge in [0.15, 0.2) is 11.5 Å². The number of hydrogen-bond donors (Lipinski definition) is 1. The Kier molecular flexibility index (Phi) is 6.30. The molecule has 1 aliphatic rings. The molecular weight excluding hydrogens is 362 g/mol. The second-order valence-corrected chi connectivity index (χ2v) is 6.69. The third-order valence-electron chi connectivity index (χ3n) is 4.40. The second-order valence-electron chi connectivity index (χ2n) is 5.84. The molecule has 0 spiro atoms. The molecule has 1 aliphatic heterocycles. The largest absolute Gasteiger partial charge is 0.493 e. The van der Waals surface area contributed by atoms with Crippen molar-refractivity contribution in [2.45, 2.75) is 39.3 Å². The fourth-order valence-corrected chi connectivity index (χ4v) is 3.75. The van der Waals surface area contributed by atoms with Crippen molar-refractivity contribution < 1.29 is 19.4 Å². The van der Waals surface area contributed by atoms with Crippen LogP contribution in [0.2, 0.25) is 0 Å². The Balaban J connectivity index is 2.19. The quantitative estimate of drug-likeness (QED) is 0.811. The van der Waals surface area contributed by atoms with Crippen molar-refractivity contribution in [2.75, 3.05) is 20.3 Å². The third kappa shape index (κ3) is 4.18. The maximum Gasteiger partial charge on any atom is 0.308 e. The maximum atomic E-state index is 11.4. The van der Waals surface area contributed by atoms with Gasteiger partial charge >= 0.3 is 5.97 Å². The van der Waals surface area contributed by atoms with Crippen LogP contribution in [-0.2, 0) is 11.3 Å². The predicted octanol–water partition coefficient (Wildman–Crippen LogP) is 3.54. The number of benzene rings is 1. The minimum Gasteiger partial charge on any atom is -0.493 e. The second kappa shape index (κ2) is 8.02. The van der Waals surface area contributed by atoms with E-state index in [4.69, 9.17) is 9.47 Å². The van der Waals surface area contributed by atoms with E-state index in [2.05, 4.69) is 20.8 Å². The summed E-state index contributed by atoms with van der Waals surface area (Å²) in [5.41, 5.74) is 1.08. The van der Waals surface area contributed by atoms with Crippen LogP contribution in [0.4, 0.5) is 0 Å². The van der Waals surface area contributed by atoms with Crippen LogP contribution in [0.3, 0.4) is 0 Å². The number of rotatable bonds is 6. The van der Waals surface area contributed by atoms with Gasteiger partial charge in [0, 0.05) is 12.6 Å². The molecule has 23 heavy (non-hydrogen) atoms. The number of carboxylic acid groups (broad SMARTS) is 1. The molecule has 0 aromatic heterocycles. The van der Waals surface area contributed by atoms with Crippen molar-refractivity contribution in [2.24, 2.45) is 5.92 Å². The van der Waals surface area contributed by atoms with Gasteiger partial charge in [-0.2, -0.15) is 0 Å². The zero-order valence-corrected chi connectivity index (χ0v) is 15.4. The van der Waals surface area contributed by atoms with Gasteiger partial charge < -0.3 is 14.6 Å². The molecule has 6 heteroatoms. The summed E-state index contributed by atoms with van der Waals surface area (Å²) in [6, 6.07) is 4.01. The van der Waals surface area contributed by atoms with Gasteiger partial charge in [0.05, 0.1) is 24.1 Å². The molecule has 1 aromatic rings. The standard InChI is InChI=1S/C17H24BrNO4/c1-4-23-16-14(18)8-12(9-15(16)22-3)10-19-7-5-6-13(11(19)2)17(20)21/h8-9,11,13H,4-7,10H2,1-3H3,(H,20,21)/t11-,13-/m0/s1. The van der Waals surface area contributed by atoms with Gasteiger partial charge in [-0.3, -0.25) is 9.69 Å². The van der Waals surface area contributed by atoms with Crippen molar-refractivity contribution in [3.63, 3.8) is 0 Å². The van der Waals surface area contributed by atoms with Crippen molar-refractivity contribution in [3.8, 4) is 11.5 Å². The molecule has 1 saturated heterocycles. The lowest BCUT2D eigenvalue weighted by atomic mass is 9.90. The molecule has 2 rings (SSSR count). The fraction of sp³-hybridized carbons (Fsp3) is 0.588. The minimum atomic E-state index is -0.701. The number of aliphatic carboxylic acids is 1. The fourth-order valence-electron chi connectivity index (χ4n) is 3.15. The highest BCUT2D eigenvalue weighted by atomic mass is 79.9.